The second-order valence-electron chi connectivity index (χ2n) is 6.15. The number of hydrogen-bond acceptors (Lipinski definition) is 5. The lowest BCUT2D eigenvalue weighted by atomic mass is 10.1. The van der Waals surface area contributed by atoms with Crippen molar-refractivity contribution in [3.63, 3.8) is 0 Å². The van der Waals surface area contributed by atoms with Crippen LogP contribution in [0.15, 0.2) is 48.5 Å². The summed E-state index contributed by atoms with van der Waals surface area (Å²) in [5, 5.41) is 10.2. The van der Waals surface area contributed by atoms with Gasteiger partial charge in [0.05, 0.1) is 12.7 Å². The van der Waals surface area contributed by atoms with Crippen LogP contribution in [0.1, 0.15) is 28.9 Å². The molecule has 2 rings (SSSR count). The van der Waals surface area contributed by atoms with E-state index < -0.39 is 12.1 Å². The van der Waals surface area contributed by atoms with Gasteiger partial charge in [-0.1, -0.05) is 12.1 Å². The van der Waals surface area contributed by atoms with Crippen LogP contribution >= 0.6 is 0 Å². The predicted molar refractivity (Wildman–Crippen MR) is 96.7 cm³/mol. The van der Waals surface area contributed by atoms with E-state index in [4.69, 9.17) is 4.74 Å². The second-order valence-corrected chi connectivity index (χ2v) is 6.15. The molecule has 0 aliphatic heterocycles. The van der Waals surface area contributed by atoms with Gasteiger partial charge in [0.25, 0.3) is 0 Å². The normalized spacial score (nSPS) is 13.3. The van der Waals surface area contributed by atoms with E-state index in [1.165, 1.54) is 19.2 Å². The van der Waals surface area contributed by atoms with Gasteiger partial charge in [0, 0.05) is 12.6 Å². The van der Waals surface area contributed by atoms with Crippen molar-refractivity contribution in [2.75, 3.05) is 27.3 Å². The minimum atomic E-state index is -0.691. The van der Waals surface area contributed by atoms with E-state index in [0.717, 1.165) is 5.56 Å². The van der Waals surface area contributed by atoms with Crippen molar-refractivity contribution in [1.29, 1.82) is 0 Å². The predicted octanol–water partition coefficient (Wildman–Crippen LogP) is 3.05. The number of benzene rings is 2. The number of methoxy groups -OCH3 is 1. The van der Waals surface area contributed by atoms with Crippen molar-refractivity contribution >= 4 is 5.97 Å². The van der Waals surface area contributed by atoms with Crippen LogP contribution in [0.25, 0.3) is 0 Å². The fourth-order valence-electron chi connectivity index (χ4n) is 2.54. The van der Waals surface area contributed by atoms with E-state index >= 15 is 0 Å². The van der Waals surface area contributed by atoms with Crippen molar-refractivity contribution in [2.24, 2.45) is 0 Å². The fourth-order valence-corrected chi connectivity index (χ4v) is 2.54. The average Bonchev–Trinajstić information content (AvgIpc) is 2.66. The van der Waals surface area contributed by atoms with Crippen molar-refractivity contribution in [3.05, 3.63) is 65.5 Å². The van der Waals surface area contributed by atoms with Gasteiger partial charge in [0.15, 0.2) is 0 Å². The summed E-state index contributed by atoms with van der Waals surface area (Å²) in [6, 6.07) is 12.9. The highest BCUT2D eigenvalue weighted by Crippen LogP contribution is 2.19. The monoisotopic (exact) mass is 361 g/mol. The van der Waals surface area contributed by atoms with E-state index in [1.54, 1.807) is 36.4 Å². The molecule has 0 saturated carbocycles. The summed E-state index contributed by atoms with van der Waals surface area (Å²) in [5.74, 6) is -0.116. The zero-order chi connectivity index (χ0) is 19.1. The zero-order valence-electron chi connectivity index (χ0n) is 15.2. The Labute approximate surface area is 153 Å². The van der Waals surface area contributed by atoms with Gasteiger partial charge in [-0.15, -0.1) is 0 Å². The van der Waals surface area contributed by atoms with Crippen LogP contribution < -0.4 is 4.74 Å². The number of halogens is 1. The van der Waals surface area contributed by atoms with Crippen LogP contribution in [0.5, 0.6) is 5.75 Å². The Morgan fingerprint density at radius 1 is 1.15 bits per heavy atom. The molecule has 140 valence electrons. The van der Waals surface area contributed by atoms with Crippen molar-refractivity contribution < 1.29 is 23.8 Å². The van der Waals surface area contributed by atoms with Gasteiger partial charge in [0.1, 0.15) is 24.3 Å². The van der Waals surface area contributed by atoms with Crippen molar-refractivity contribution in [2.45, 2.75) is 19.1 Å². The fraction of sp³-hybridized carbons (Fsp3) is 0.350. The molecule has 0 fully saturated rings. The number of rotatable bonds is 8. The number of likely N-dealkylation sites (N-methyl/N-ethyl adjacent to an activating group) is 1. The molecular formula is C20H24FNO4. The summed E-state index contributed by atoms with van der Waals surface area (Å²) in [6.45, 7) is 2.52. The van der Waals surface area contributed by atoms with Crippen molar-refractivity contribution in [1.82, 2.24) is 4.90 Å². The molecule has 0 aliphatic carbocycles. The summed E-state index contributed by atoms with van der Waals surface area (Å²) in [4.78, 5) is 13.4. The summed E-state index contributed by atoms with van der Waals surface area (Å²) in [5.41, 5.74) is 1.41. The first-order valence-electron chi connectivity index (χ1n) is 8.35. The van der Waals surface area contributed by atoms with Gasteiger partial charge in [-0.05, 0) is 55.9 Å². The molecule has 0 unspecified atom stereocenters. The minimum absolute atomic E-state index is 0.0320. The maximum atomic E-state index is 13.0. The number of ether oxygens (including phenoxy) is 2. The highest BCUT2D eigenvalue weighted by Gasteiger charge is 2.16. The molecule has 0 radical (unpaired) electrons. The van der Waals surface area contributed by atoms with Gasteiger partial charge < -0.3 is 14.6 Å². The van der Waals surface area contributed by atoms with E-state index in [-0.39, 0.29) is 18.5 Å². The third kappa shape index (κ3) is 5.54. The topological polar surface area (TPSA) is 59.0 Å². The molecule has 5 nitrogen and oxygen atoms in total. The molecular weight excluding hydrogens is 337 g/mol. The molecule has 0 aromatic heterocycles. The number of esters is 1. The largest absolute Gasteiger partial charge is 0.491 e. The summed E-state index contributed by atoms with van der Waals surface area (Å²) in [7, 11) is 3.22. The molecule has 2 atom stereocenters. The number of hydrogen-bond donors (Lipinski definition) is 1. The first kappa shape index (κ1) is 19.9. The molecule has 0 heterocycles. The number of aliphatic hydroxyl groups excluding tert-OH is 1. The Morgan fingerprint density at radius 3 is 2.35 bits per heavy atom. The lowest BCUT2D eigenvalue weighted by Crippen LogP contribution is -2.34. The van der Waals surface area contributed by atoms with Crippen LogP contribution in [-0.4, -0.2) is 49.4 Å². The number of carbonyl (C=O) groups excluding carboxylic acids is 1. The Kier molecular flexibility index (Phi) is 7.12. The number of carbonyl (C=O) groups is 1. The lowest BCUT2D eigenvalue weighted by molar-refractivity contribution is 0.0598. The number of aliphatic hydroxyl groups is 1. The van der Waals surface area contributed by atoms with Gasteiger partial charge in [-0.3, -0.25) is 4.90 Å². The summed E-state index contributed by atoms with van der Waals surface area (Å²) >= 11 is 0. The number of nitrogens with zero attached hydrogens (tertiary/aromatic N) is 1. The van der Waals surface area contributed by atoms with E-state index in [2.05, 4.69) is 4.74 Å². The third-order valence-electron chi connectivity index (χ3n) is 4.23. The maximum absolute atomic E-state index is 13.0. The van der Waals surface area contributed by atoms with Gasteiger partial charge in [-0.25, -0.2) is 9.18 Å². The maximum Gasteiger partial charge on any atom is 0.337 e. The van der Waals surface area contributed by atoms with Crippen LogP contribution in [0.3, 0.4) is 0 Å². The SMILES string of the molecule is COC(=O)c1ccc(OC[C@@H](O)CN(C)[C@@H](C)c2ccc(F)cc2)cc1. The molecule has 26 heavy (non-hydrogen) atoms. The molecule has 2 aromatic carbocycles. The van der Waals surface area contributed by atoms with Gasteiger partial charge in [-0.2, -0.15) is 0 Å². The van der Waals surface area contributed by atoms with Crippen LogP contribution in [0.2, 0.25) is 0 Å². The van der Waals surface area contributed by atoms with E-state index in [9.17, 15) is 14.3 Å². The summed E-state index contributed by atoms with van der Waals surface area (Å²) < 4.78 is 23.2. The first-order chi connectivity index (χ1) is 12.4. The smallest absolute Gasteiger partial charge is 0.337 e. The Balaban J connectivity index is 1.83. The highest BCUT2D eigenvalue weighted by atomic mass is 19.1. The van der Waals surface area contributed by atoms with Gasteiger partial charge in [0.2, 0.25) is 0 Å². The standard InChI is InChI=1S/C20H24FNO4/c1-14(15-4-8-17(21)9-5-15)22(2)12-18(23)13-26-19-10-6-16(7-11-19)20(24)25-3/h4-11,14,18,23H,12-13H2,1-3H3/t14-,18-/m0/s1. The quantitative estimate of drug-likeness (QED) is 0.733. The molecule has 0 aliphatic rings. The van der Waals surface area contributed by atoms with Crippen LogP contribution in [-0.2, 0) is 4.74 Å². The zero-order valence-corrected chi connectivity index (χ0v) is 15.2. The van der Waals surface area contributed by atoms with Crippen LogP contribution in [0, 0.1) is 5.82 Å². The molecule has 0 spiro atoms. The highest BCUT2D eigenvalue weighted by molar-refractivity contribution is 5.89. The molecule has 0 amide bonds. The third-order valence-corrected chi connectivity index (χ3v) is 4.23. The first-order valence-corrected chi connectivity index (χ1v) is 8.35. The molecule has 0 saturated heterocycles. The van der Waals surface area contributed by atoms with Crippen molar-refractivity contribution in [3.8, 4) is 5.75 Å². The van der Waals surface area contributed by atoms with E-state index in [1.807, 2.05) is 18.9 Å². The summed E-state index contributed by atoms with van der Waals surface area (Å²) in [6.07, 6.45) is -0.691. The Morgan fingerprint density at radius 2 is 1.77 bits per heavy atom. The lowest BCUT2D eigenvalue weighted by Gasteiger charge is -2.27. The second kappa shape index (κ2) is 9.31. The Bertz CT molecular complexity index is 703. The van der Waals surface area contributed by atoms with E-state index in [0.29, 0.717) is 17.9 Å². The molecule has 1 N–H and O–H groups in total. The average molecular weight is 361 g/mol. The minimum Gasteiger partial charge on any atom is -0.491 e. The molecule has 2 aromatic rings. The van der Waals surface area contributed by atoms with Gasteiger partial charge >= 0.3 is 5.97 Å². The molecule has 0 bridgehead atoms. The Hall–Kier alpha value is -2.44. The molecule has 6 heteroatoms. The van der Waals surface area contributed by atoms with Crippen LogP contribution in [0.4, 0.5) is 4.39 Å².